The molecular formula is C64H66N4O4. The maximum atomic E-state index is 15.1. The molecule has 0 radical (unpaired) electrons. The molecule has 0 saturated heterocycles. The molecule has 0 aromatic heterocycles. The van der Waals surface area contributed by atoms with Crippen LogP contribution >= 0.6 is 0 Å². The number of imide groups is 2. The zero-order chi connectivity index (χ0) is 51.5. The lowest BCUT2D eigenvalue weighted by molar-refractivity contribution is 0.0909. The predicted molar refractivity (Wildman–Crippen MR) is 292 cm³/mol. The quantitative estimate of drug-likeness (QED) is 0.167. The number of anilines is 6. The molecule has 0 bridgehead atoms. The van der Waals surface area contributed by atoms with E-state index in [-0.39, 0.29) is 39.5 Å². The second-order valence-corrected chi connectivity index (χ2v) is 25.0. The Labute approximate surface area is 425 Å². The van der Waals surface area contributed by atoms with E-state index < -0.39 is 23.6 Å². The number of fused-ring (bicyclic) bond motifs is 8. The summed E-state index contributed by atoms with van der Waals surface area (Å²) in [5.41, 5.74) is 15.2. The molecule has 5 aromatic carbocycles. The molecule has 5 aromatic rings. The Morgan fingerprint density at radius 2 is 1.01 bits per heavy atom. The first-order valence-corrected chi connectivity index (χ1v) is 25.6. The number of allylic oxidation sites excluding steroid dienone is 6. The van der Waals surface area contributed by atoms with Gasteiger partial charge in [0.1, 0.15) is 0 Å². The molecule has 72 heavy (non-hydrogen) atoms. The lowest BCUT2D eigenvalue weighted by atomic mass is 9.76. The average molecular weight is 955 g/mol. The third-order valence-electron chi connectivity index (χ3n) is 16.1. The second-order valence-electron chi connectivity index (χ2n) is 25.0. The van der Waals surface area contributed by atoms with E-state index in [0.717, 1.165) is 23.5 Å². The highest BCUT2D eigenvalue weighted by atomic mass is 16.2. The fourth-order valence-corrected chi connectivity index (χ4v) is 11.9. The number of rotatable bonds is 4. The van der Waals surface area contributed by atoms with Crippen molar-refractivity contribution in [1.29, 1.82) is 0 Å². The summed E-state index contributed by atoms with van der Waals surface area (Å²) in [7, 11) is 0. The Balaban J connectivity index is 0.949. The minimum atomic E-state index is -0.413. The molecule has 6 aliphatic rings. The van der Waals surface area contributed by atoms with Crippen LogP contribution in [-0.4, -0.2) is 29.7 Å². The van der Waals surface area contributed by atoms with Crippen LogP contribution in [0.1, 0.15) is 176 Å². The van der Waals surface area contributed by atoms with Gasteiger partial charge >= 0.3 is 0 Å². The Kier molecular flexibility index (Phi) is 10.3. The summed E-state index contributed by atoms with van der Waals surface area (Å²) >= 11 is 0. The van der Waals surface area contributed by atoms with Crippen LogP contribution in [-0.2, 0) is 10.8 Å². The molecule has 8 nitrogen and oxygen atoms in total. The number of carbonyl (C=O) groups excluding carboxylic acids is 4. The highest BCUT2D eigenvalue weighted by Gasteiger charge is 2.48. The van der Waals surface area contributed by atoms with E-state index in [0.29, 0.717) is 56.1 Å². The summed E-state index contributed by atoms with van der Waals surface area (Å²) in [5, 5.41) is 0. The monoisotopic (exact) mass is 955 g/mol. The minimum absolute atomic E-state index is 0.00890. The van der Waals surface area contributed by atoms with E-state index in [4.69, 9.17) is 0 Å². The second kappa shape index (κ2) is 15.7. The van der Waals surface area contributed by atoms with E-state index >= 15 is 9.59 Å². The van der Waals surface area contributed by atoms with Crippen molar-refractivity contribution in [2.45, 2.75) is 132 Å². The molecule has 2 aliphatic carbocycles. The minimum Gasteiger partial charge on any atom is -0.333 e. The van der Waals surface area contributed by atoms with E-state index in [2.05, 4.69) is 160 Å². The zero-order valence-electron chi connectivity index (χ0n) is 44.3. The summed E-state index contributed by atoms with van der Waals surface area (Å²) < 4.78 is 0. The fraction of sp³-hybridized carbons (Fsp3) is 0.344. The van der Waals surface area contributed by atoms with E-state index in [1.54, 1.807) is 24.3 Å². The van der Waals surface area contributed by atoms with E-state index in [1.165, 1.54) is 43.2 Å². The number of hydrogen-bond donors (Lipinski definition) is 0. The number of amides is 4. The molecule has 0 saturated carbocycles. The number of aryl methyl sites for hydroxylation is 2. The maximum Gasteiger partial charge on any atom is 0.268 e. The lowest BCUT2D eigenvalue weighted by Crippen LogP contribution is -2.33. The summed E-state index contributed by atoms with van der Waals surface area (Å²) in [5.74, 6) is -1.51. The van der Waals surface area contributed by atoms with Gasteiger partial charge in [0, 0.05) is 28.9 Å². The van der Waals surface area contributed by atoms with E-state index in [1.807, 2.05) is 38.1 Å². The Morgan fingerprint density at radius 3 is 1.56 bits per heavy atom. The fourth-order valence-electron chi connectivity index (χ4n) is 11.9. The summed E-state index contributed by atoms with van der Waals surface area (Å²) in [6.07, 6.45) is 12.2. The van der Waals surface area contributed by atoms with Gasteiger partial charge in [-0.25, -0.2) is 9.80 Å². The van der Waals surface area contributed by atoms with Gasteiger partial charge in [0.05, 0.1) is 51.0 Å². The van der Waals surface area contributed by atoms with Crippen LogP contribution in [0.4, 0.5) is 34.1 Å². The molecular weight excluding hydrogens is 889 g/mol. The first kappa shape index (κ1) is 47.3. The standard InChI is InChI=1S/C64H66N4O4/c1-35-29-54(68-58(70)42-18-16-20-52(56(42)60(68)72)66-49-27-23-39(63(9,10)11)33-45(49)46-34-40(64(12,13)14)24-28-50(46)66)36(2)30-53(35)67-57(69)41-17-15-19-51(55(41)59(67)71)65-47-25-21-37(61(3,4)5)31-43(47)44-32-38(62(6,7)8)22-26-48(44)65/h15-33,43,46-47H,34H2,1-14H3. The molecule has 0 fully saturated rings. The zero-order valence-corrected chi connectivity index (χ0v) is 44.3. The van der Waals surface area contributed by atoms with Crippen LogP contribution in [0.25, 0.3) is 0 Å². The van der Waals surface area contributed by atoms with Crippen molar-refractivity contribution in [3.63, 3.8) is 0 Å². The largest absolute Gasteiger partial charge is 0.333 e. The predicted octanol–water partition coefficient (Wildman–Crippen LogP) is 15.1. The van der Waals surface area contributed by atoms with Gasteiger partial charge in [-0.3, -0.25) is 19.2 Å². The molecule has 0 spiro atoms. The molecule has 4 aliphatic heterocycles. The van der Waals surface area contributed by atoms with Crippen LogP contribution in [0, 0.1) is 24.7 Å². The summed E-state index contributed by atoms with van der Waals surface area (Å²) in [4.78, 5) is 66.5. The Morgan fingerprint density at radius 1 is 0.486 bits per heavy atom. The van der Waals surface area contributed by atoms with Crippen molar-refractivity contribution >= 4 is 57.8 Å². The van der Waals surface area contributed by atoms with Gasteiger partial charge in [-0.2, -0.15) is 0 Å². The van der Waals surface area contributed by atoms with Gasteiger partial charge in [-0.05, 0) is 135 Å². The summed E-state index contributed by atoms with van der Waals surface area (Å²) in [6, 6.07) is 27.9. The van der Waals surface area contributed by atoms with Crippen molar-refractivity contribution in [3.05, 3.63) is 188 Å². The van der Waals surface area contributed by atoms with Gasteiger partial charge in [0.2, 0.25) is 0 Å². The SMILES string of the molecule is Cc1cc(N2C(=O)c3cccc(N4c5ccc(C(C)(C)C)cc5C5C=C(C(C)(C)C)C=CC54)c3C2=O)c(C)cc1N1C(=O)c2cccc(N3C4=CC=C(C(C)(C)C)CC4c4cc(C(C)(C)C)ccc43)c2C1=O. The molecule has 0 N–H and O–H groups in total. The summed E-state index contributed by atoms with van der Waals surface area (Å²) in [6.45, 7) is 30.5. The van der Waals surface area contributed by atoms with Crippen molar-refractivity contribution in [1.82, 2.24) is 0 Å². The van der Waals surface area contributed by atoms with Crippen LogP contribution in [0.2, 0.25) is 0 Å². The molecule has 366 valence electrons. The topological polar surface area (TPSA) is 81.2 Å². The highest BCUT2D eigenvalue weighted by Crippen LogP contribution is 2.56. The molecule has 4 heterocycles. The Hall–Kier alpha value is -7.06. The van der Waals surface area contributed by atoms with Crippen molar-refractivity contribution < 1.29 is 19.2 Å². The number of benzene rings is 5. The van der Waals surface area contributed by atoms with Gasteiger partial charge in [0.15, 0.2) is 0 Å². The van der Waals surface area contributed by atoms with E-state index in [9.17, 15) is 9.59 Å². The number of nitrogens with zero attached hydrogens (tertiary/aromatic N) is 4. The van der Waals surface area contributed by atoms with Crippen LogP contribution in [0.3, 0.4) is 0 Å². The maximum absolute atomic E-state index is 15.1. The van der Waals surface area contributed by atoms with Gasteiger partial charge in [-0.15, -0.1) is 0 Å². The smallest absolute Gasteiger partial charge is 0.268 e. The van der Waals surface area contributed by atoms with Crippen molar-refractivity contribution in [3.8, 4) is 0 Å². The third-order valence-corrected chi connectivity index (χ3v) is 16.1. The third kappa shape index (κ3) is 7.06. The van der Waals surface area contributed by atoms with Gasteiger partial charge in [0.25, 0.3) is 23.6 Å². The van der Waals surface area contributed by atoms with Crippen LogP contribution in [0.15, 0.2) is 132 Å². The molecule has 4 amide bonds. The number of hydrogen-bond acceptors (Lipinski definition) is 6. The molecule has 3 atom stereocenters. The molecule has 3 unspecified atom stereocenters. The average Bonchev–Trinajstić information content (AvgIpc) is 3.98. The normalized spacial score (nSPS) is 20.4. The highest BCUT2D eigenvalue weighted by molar-refractivity contribution is 6.38. The van der Waals surface area contributed by atoms with Crippen LogP contribution in [0.5, 0.6) is 0 Å². The first-order chi connectivity index (χ1) is 33.8. The van der Waals surface area contributed by atoms with Crippen molar-refractivity contribution in [2.75, 3.05) is 19.6 Å². The molecule has 8 heteroatoms. The number of carbonyl (C=O) groups is 4. The van der Waals surface area contributed by atoms with Gasteiger partial charge in [-0.1, -0.05) is 149 Å². The first-order valence-electron chi connectivity index (χ1n) is 25.6. The molecule has 11 rings (SSSR count). The lowest BCUT2D eigenvalue weighted by Gasteiger charge is -2.33. The van der Waals surface area contributed by atoms with Crippen LogP contribution < -0.4 is 19.6 Å². The van der Waals surface area contributed by atoms with Gasteiger partial charge < -0.3 is 9.80 Å². The Bertz CT molecular complexity index is 3410. The van der Waals surface area contributed by atoms with Crippen molar-refractivity contribution in [2.24, 2.45) is 10.8 Å².